The molecule has 0 unspecified atom stereocenters. The average Bonchev–Trinajstić information content (AvgIpc) is 2.85. The summed E-state index contributed by atoms with van der Waals surface area (Å²) in [5.41, 5.74) is 1.13. The zero-order valence-electron chi connectivity index (χ0n) is 11.6. The normalized spacial score (nSPS) is 22.2. The molecule has 1 amide bonds. The number of nitrogens with one attached hydrogen (secondary N) is 2. The van der Waals surface area contributed by atoms with Crippen LogP contribution >= 0.6 is 0 Å². The molecule has 4 nitrogen and oxygen atoms in total. The lowest BCUT2D eigenvalue weighted by Crippen LogP contribution is -2.35. The minimum Gasteiger partial charge on any atom is -0.496 e. The fourth-order valence-corrected chi connectivity index (χ4v) is 2.52. The summed E-state index contributed by atoms with van der Waals surface area (Å²) in [6.07, 6.45) is 0.796. The number of carbonyl (C=O) groups is 1. The van der Waals surface area contributed by atoms with Crippen LogP contribution in [-0.2, 0) is 11.2 Å². The van der Waals surface area contributed by atoms with Gasteiger partial charge in [-0.25, -0.2) is 0 Å². The molecule has 0 bridgehead atoms. The van der Waals surface area contributed by atoms with Gasteiger partial charge >= 0.3 is 0 Å². The molecule has 0 aromatic heterocycles. The van der Waals surface area contributed by atoms with E-state index < -0.39 is 0 Å². The van der Waals surface area contributed by atoms with E-state index in [0.29, 0.717) is 12.5 Å². The molecule has 0 aliphatic carbocycles. The largest absolute Gasteiger partial charge is 0.496 e. The summed E-state index contributed by atoms with van der Waals surface area (Å²) in [6, 6.07) is 7.92. The third-order valence-electron chi connectivity index (χ3n) is 3.74. The van der Waals surface area contributed by atoms with Gasteiger partial charge in [0.05, 0.1) is 13.0 Å². The maximum atomic E-state index is 12.0. The Morgan fingerprint density at radius 1 is 1.42 bits per heavy atom. The van der Waals surface area contributed by atoms with Crippen LogP contribution in [0.1, 0.15) is 12.5 Å². The molecular weight excluding hydrogens is 240 g/mol. The lowest BCUT2D eigenvalue weighted by molar-refractivity contribution is -0.125. The average molecular weight is 262 g/mol. The highest BCUT2D eigenvalue weighted by Gasteiger charge is 2.29. The molecule has 19 heavy (non-hydrogen) atoms. The number of para-hydroxylation sites is 1. The fraction of sp³-hybridized carbons (Fsp3) is 0.533. The number of amides is 1. The first-order valence-electron chi connectivity index (χ1n) is 6.82. The maximum absolute atomic E-state index is 12.0. The van der Waals surface area contributed by atoms with Crippen LogP contribution in [0, 0.1) is 11.8 Å². The highest BCUT2D eigenvalue weighted by molar-refractivity contribution is 5.79. The Balaban J connectivity index is 1.81. The van der Waals surface area contributed by atoms with Crippen molar-refractivity contribution >= 4 is 5.91 Å². The van der Waals surface area contributed by atoms with Crippen LogP contribution in [0.2, 0.25) is 0 Å². The van der Waals surface area contributed by atoms with Crippen molar-refractivity contribution < 1.29 is 9.53 Å². The third kappa shape index (κ3) is 3.47. The molecule has 2 atom stereocenters. The quantitative estimate of drug-likeness (QED) is 0.838. The second-order valence-corrected chi connectivity index (χ2v) is 5.09. The highest BCUT2D eigenvalue weighted by Crippen LogP contribution is 2.18. The Bertz CT molecular complexity index is 434. The molecule has 1 aromatic rings. The highest BCUT2D eigenvalue weighted by atomic mass is 16.5. The Kier molecular flexibility index (Phi) is 4.80. The van der Waals surface area contributed by atoms with E-state index in [0.717, 1.165) is 30.8 Å². The van der Waals surface area contributed by atoms with Gasteiger partial charge in [0, 0.05) is 13.1 Å². The van der Waals surface area contributed by atoms with Crippen LogP contribution in [0.4, 0.5) is 0 Å². The van der Waals surface area contributed by atoms with Gasteiger partial charge in [-0.1, -0.05) is 25.1 Å². The van der Waals surface area contributed by atoms with Crippen LogP contribution in [0.25, 0.3) is 0 Å². The van der Waals surface area contributed by atoms with E-state index >= 15 is 0 Å². The van der Waals surface area contributed by atoms with Crippen molar-refractivity contribution in [2.24, 2.45) is 11.8 Å². The van der Waals surface area contributed by atoms with Crippen LogP contribution in [-0.4, -0.2) is 32.7 Å². The van der Waals surface area contributed by atoms with E-state index in [4.69, 9.17) is 4.74 Å². The van der Waals surface area contributed by atoms with Crippen molar-refractivity contribution in [3.63, 3.8) is 0 Å². The summed E-state index contributed by atoms with van der Waals surface area (Å²) >= 11 is 0. The van der Waals surface area contributed by atoms with Gasteiger partial charge in [-0.2, -0.15) is 0 Å². The van der Waals surface area contributed by atoms with Crippen molar-refractivity contribution in [2.45, 2.75) is 13.3 Å². The first-order valence-corrected chi connectivity index (χ1v) is 6.82. The Hall–Kier alpha value is -1.55. The minimum atomic E-state index is 0.109. The standard InChI is InChI=1S/C15H22N2O2/c1-11-9-16-10-13(11)15(18)17-8-7-12-5-3-4-6-14(12)19-2/h3-6,11,13,16H,7-10H2,1-2H3,(H,17,18)/t11-,13-/m1/s1. The van der Waals surface area contributed by atoms with Crippen LogP contribution in [0.3, 0.4) is 0 Å². The van der Waals surface area contributed by atoms with Gasteiger partial charge in [-0.3, -0.25) is 4.79 Å². The predicted octanol–water partition coefficient (Wildman–Crippen LogP) is 1.21. The molecule has 1 aromatic carbocycles. The van der Waals surface area contributed by atoms with E-state index in [1.165, 1.54) is 0 Å². The van der Waals surface area contributed by atoms with Gasteiger partial charge in [-0.05, 0) is 30.5 Å². The monoisotopic (exact) mass is 262 g/mol. The fourth-order valence-electron chi connectivity index (χ4n) is 2.52. The molecule has 0 spiro atoms. The van der Waals surface area contributed by atoms with Gasteiger partial charge in [0.25, 0.3) is 0 Å². The summed E-state index contributed by atoms with van der Waals surface area (Å²) in [5, 5.41) is 6.27. The summed E-state index contributed by atoms with van der Waals surface area (Å²) in [6.45, 7) is 4.50. The van der Waals surface area contributed by atoms with E-state index in [-0.39, 0.29) is 11.8 Å². The number of carbonyl (C=O) groups excluding carboxylic acids is 1. The molecule has 4 heteroatoms. The number of ether oxygens (including phenoxy) is 1. The Labute approximate surface area is 114 Å². The topological polar surface area (TPSA) is 50.4 Å². The van der Waals surface area contributed by atoms with Crippen molar-refractivity contribution in [3.8, 4) is 5.75 Å². The van der Waals surface area contributed by atoms with Gasteiger partial charge in [-0.15, -0.1) is 0 Å². The van der Waals surface area contributed by atoms with Gasteiger partial charge in [0.2, 0.25) is 5.91 Å². The predicted molar refractivity (Wildman–Crippen MR) is 75.2 cm³/mol. The summed E-state index contributed by atoms with van der Waals surface area (Å²) in [5.74, 6) is 1.57. The van der Waals surface area contributed by atoms with E-state index in [1.54, 1.807) is 7.11 Å². The zero-order valence-corrected chi connectivity index (χ0v) is 11.6. The number of benzene rings is 1. The molecular formula is C15H22N2O2. The molecule has 104 valence electrons. The molecule has 2 rings (SSSR count). The zero-order chi connectivity index (χ0) is 13.7. The third-order valence-corrected chi connectivity index (χ3v) is 3.74. The molecule has 1 saturated heterocycles. The van der Waals surface area contributed by atoms with Gasteiger partial charge in [0.15, 0.2) is 0 Å². The van der Waals surface area contributed by atoms with Crippen LogP contribution in [0.5, 0.6) is 5.75 Å². The lowest BCUT2D eigenvalue weighted by Gasteiger charge is -2.14. The number of hydrogen-bond donors (Lipinski definition) is 2. The molecule has 2 N–H and O–H groups in total. The second-order valence-electron chi connectivity index (χ2n) is 5.09. The summed E-state index contributed by atoms with van der Waals surface area (Å²) in [7, 11) is 1.67. The van der Waals surface area contributed by atoms with E-state index in [9.17, 15) is 4.79 Å². The molecule has 1 heterocycles. The number of methoxy groups -OCH3 is 1. The lowest BCUT2D eigenvalue weighted by atomic mass is 9.97. The molecule has 0 saturated carbocycles. The van der Waals surface area contributed by atoms with E-state index in [1.807, 2.05) is 24.3 Å². The Morgan fingerprint density at radius 3 is 2.89 bits per heavy atom. The van der Waals surface area contributed by atoms with Crippen LogP contribution in [0.15, 0.2) is 24.3 Å². The van der Waals surface area contributed by atoms with Crippen molar-refractivity contribution in [2.75, 3.05) is 26.7 Å². The number of hydrogen-bond acceptors (Lipinski definition) is 3. The van der Waals surface area contributed by atoms with Crippen molar-refractivity contribution in [1.29, 1.82) is 0 Å². The summed E-state index contributed by atoms with van der Waals surface area (Å²) in [4.78, 5) is 12.0. The van der Waals surface area contributed by atoms with Crippen molar-refractivity contribution in [3.05, 3.63) is 29.8 Å². The van der Waals surface area contributed by atoms with Gasteiger partial charge < -0.3 is 15.4 Å². The Morgan fingerprint density at radius 2 is 2.21 bits per heavy atom. The smallest absolute Gasteiger partial charge is 0.224 e. The SMILES string of the molecule is COc1ccccc1CCNC(=O)[C@@H]1CNC[C@H]1C. The number of rotatable bonds is 5. The van der Waals surface area contributed by atoms with Crippen molar-refractivity contribution in [1.82, 2.24) is 10.6 Å². The molecule has 1 fully saturated rings. The second kappa shape index (κ2) is 6.57. The minimum absolute atomic E-state index is 0.109. The first kappa shape index (κ1) is 13.9. The van der Waals surface area contributed by atoms with Gasteiger partial charge in [0.1, 0.15) is 5.75 Å². The first-order chi connectivity index (χ1) is 9.22. The van der Waals surface area contributed by atoms with Crippen LogP contribution < -0.4 is 15.4 Å². The maximum Gasteiger partial charge on any atom is 0.224 e. The molecule has 1 aliphatic rings. The van der Waals surface area contributed by atoms with E-state index in [2.05, 4.69) is 17.6 Å². The molecule has 1 aliphatic heterocycles. The summed E-state index contributed by atoms with van der Waals surface area (Å²) < 4.78 is 5.30. The molecule has 0 radical (unpaired) electrons.